The Morgan fingerprint density at radius 3 is 1.05 bits per heavy atom. The molecule has 2 N–H and O–H groups in total. The van der Waals surface area contributed by atoms with Crippen LogP contribution in [0.2, 0.25) is 0 Å². The predicted molar refractivity (Wildman–Crippen MR) is 563 cm³/mol. The molecule has 3 radical (unpaired) electrons. The first-order valence-corrected chi connectivity index (χ1v) is 46.6. The number of hydrogen-bond donors (Lipinski definition) is 3. The van der Waals surface area contributed by atoms with Crippen molar-refractivity contribution >= 4 is 182 Å². The maximum absolute atomic E-state index is 9.96. The Kier molecular flexibility index (Phi) is 37.8. The second-order valence-electron chi connectivity index (χ2n) is 33.6. The van der Waals surface area contributed by atoms with Crippen molar-refractivity contribution in [2.24, 2.45) is 4.30 Å². The van der Waals surface area contributed by atoms with E-state index in [1.54, 1.807) is 27.7 Å². The Hall–Kier alpha value is -9.57. The third-order valence-electron chi connectivity index (χ3n) is 23.9. The van der Waals surface area contributed by atoms with Crippen LogP contribution in [-0.2, 0) is 46.6 Å². The molecule has 1 aliphatic carbocycles. The molecular weight excluding hydrogens is 1730 g/mol. The van der Waals surface area contributed by atoms with Gasteiger partial charge in [0.2, 0.25) is 0 Å². The van der Waals surface area contributed by atoms with Crippen LogP contribution >= 0.6 is 44.7 Å². The van der Waals surface area contributed by atoms with Crippen molar-refractivity contribution in [1.82, 2.24) is 18.3 Å². The number of aryl methyl sites for hydroxylation is 4. The topological polar surface area (TPSA) is 100 Å². The average molecular weight is 1860 g/mol. The first-order chi connectivity index (χ1) is 62.0. The number of aromatic nitrogens is 4. The molecule has 18 aromatic rings. The molecule has 18 heteroatoms. The molecule has 1 saturated heterocycles. The first kappa shape index (κ1) is 102. The summed E-state index contributed by atoms with van der Waals surface area (Å²) in [6.07, 6.45) is 3.54. The summed E-state index contributed by atoms with van der Waals surface area (Å²) < 4.78 is 45.5. The van der Waals surface area contributed by atoms with Crippen molar-refractivity contribution in [3.63, 3.8) is 0 Å². The van der Waals surface area contributed by atoms with Gasteiger partial charge in [-0.2, -0.15) is 6.42 Å². The Morgan fingerprint density at radius 1 is 0.457 bits per heavy atom. The van der Waals surface area contributed by atoms with E-state index in [-0.39, 0.29) is 43.3 Å². The standard InChI is InChI=1S/C34H25N.C20H24BNO2.C14H12BrN.C14H13N.C13H10.C6H14O2.C4H9.C3H7BO.C2H5Br.CH3F.BHNS.Li/c1-2-35-31-19-11-10-14-25(31)30-22-24(20-21-32(30)35)34-28-17-8-6-15-26(28)33(23-12-4-3-5-13-23)27-16-7-9-18-29(27)34;1-6-22-17-10-8-7-9-15(17)16-13-14(11-12-18(16)22)21-23-19(2,3)20(4,5)24-21;1-2-16-13-6-4-3-5-11(13)12-9-10(15)7-8-14(12)16;1-2-15-13-9-5-3-7-11(13)12-8-4-6-10-14(12)15;1-3-7-12-10(5-1)9-11-6-2-4-8-13(11)12;1-5(2,7)6(3,4)8;1-3-4-2;1-3(2)5-4;1-2-3;1-2;1-2-3;/h3-22H,2H2,1H3;7-13H,6H2,1-5H3;3-9H,2H2,1H3;3-10H,2H2,1H3;1-8H,9H2;7-8H,1-4H3;1,3-4H2,2H3;3H,1-2H3;2H2,1H3;1H3;3H;/q;;;;;;-1;;;;;+1/i;;;;;;;;;1D;;. The Balaban J connectivity index is 0.000000177. The van der Waals surface area contributed by atoms with E-state index < -0.39 is 18.4 Å². The van der Waals surface area contributed by atoms with Gasteiger partial charge in [0, 0.05) is 129 Å². The number of thiol groups is 1. The maximum Gasteiger partial charge on any atom is 1.00 e. The zero-order valence-electron chi connectivity index (χ0n) is 79.2. The summed E-state index contributed by atoms with van der Waals surface area (Å²) in [5.41, 5.74) is 19.8. The van der Waals surface area contributed by atoms with Crippen LogP contribution in [0.1, 0.15) is 136 Å². The van der Waals surface area contributed by atoms with Crippen molar-refractivity contribution in [1.29, 1.82) is 0 Å². The molecule has 20 rings (SSSR count). The average Bonchev–Trinajstić information content (AvgIpc) is 0.910. The van der Waals surface area contributed by atoms with Gasteiger partial charge in [-0.15, -0.1) is 0 Å². The van der Waals surface area contributed by atoms with Gasteiger partial charge in [0.05, 0.1) is 30.9 Å². The second kappa shape index (κ2) is 48.0. The van der Waals surface area contributed by atoms with Crippen molar-refractivity contribution in [2.75, 3.05) is 12.5 Å². The molecule has 4 aromatic heterocycles. The van der Waals surface area contributed by atoms with E-state index in [0.29, 0.717) is 0 Å². The summed E-state index contributed by atoms with van der Waals surface area (Å²) in [7, 11) is 7.69. The summed E-state index contributed by atoms with van der Waals surface area (Å²) in [4.78, 5) is 0. The fraction of sp³-hybridized carbons (Fsp3) is 0.270. The fourth-order valence-electron chi connectivity index (χ4n) is 16.2. The number of benzene rings is 14. The van der Waals surface area contributed by atoms with Crippen LogP contribution in [0.25, 0.3) is 142 Å². The van der Waals surface area contributed by atoms with Gasteiger partial charge in [-0.1, -0.05) is 289 Å². The van der Waals surface area contributed by atoms with Gasteiger partial charge in [0.15, 0.2) is 0 Å². The van der Waals surface area contributed by atoms with E-state index in [4.69, 9.17) is 20.9 Å². The van der Waals surface area contributed by atoms with E-state index in [2.05, 4.69) is 460 Å². The Labute approximate surface area is 803 Å². The molecule has 129 heavy (non-hydrogen) atoms. The van der Waals surface area contributed by atoms with Gasteiger partial charge < -0.3 is 49.4 Å². The van der Waals surface area contributed by atoms with Crippen molar-refractivity contribution in [2.45, 2.75) is 185 Å². The quantitative estimate of drug-likeness (QED) is 0.0416. The van der Waals surface area contributed by atoms with Crippen LogP contribution in [0.15, 0.2) is 312 Å². The minimum absolute atomic E-state index is 0. The Morgan fingerprint density at radius 2 is 0.721 bits per heavy atom. The van der Waals surface area contributed by atoms with Crippen LogP contribution in [0.3, 0.4) is 0 Å². The molecule has 0 spiro atoms. The summed E-state index contributed by atoms with van der Waals surface area (Å²) in [6, 6.07) is 109. The summed E-state index contributed by atoms with van der Waals surface area (Å²) in [5.74, 6) is 0. The molecule has 0 amide bonds. The van der Waals surface area contributed by atoms with Crippen LogP contribution in [0.4, 0.5) is 4.39 Å². The summed E-state index contributed by atoms with van der Waals surface area (Å²) >= 11 is 9.88. The molecule has 0 bridgehead atoms. The molecule has 10 nitrogen and oxygen atoms in total. The number of alkyl halides is 2. The molecule has 5 heterocycles. The zero-order chi connectivity index (χ0) is 93.3. The number of aliphatic hydroxyl groups is 2. The number of unbranched alkanes of at least 4 members (excludes halogenated alkanes) is 1. The summed E-state index contributed by atoms with van der Waals surface area (Å²) in [5, 5.41) is 35.0. The van der Waals surface area contributed by atoms with E-state index in [1.165, 1.54) is 160 Å². The number of halogens is 3. The van der Waals surface area contributed by atoms with Gasteiger partial charge in [0.25, 0.3) is 8.05 Å². The van der Waals surface area contributed by atoms with Gasteiger partial charge in [-0.25, -0.2) is 0 Å². The second-order valence-corrected chi connectivity index (χ2v) is 35.8. The third-order valence-corrected chi connectivity index (χ3v) is 24.4. The normalized spacial score (nSPS) is 12.6. The number of rotatable bonds is 10. The van der Waals surface area contributed by atoms with Gasteiger partial charge in [-0.3, -0.25) is 4.39 Å². The van der Waals surface area contributed by atoms with Crippen molar-refractivity contribution in [3.05, 3.63) is 326 Å². The van der Waals surface area contributed by atoms with Crippen molar-refractivity contribution in [3.8, 4) is 33.4 Å². The van der Waals surface area contributed by atoms with Crippen LogP contribution in [-0.4, -0.2) is 92.3 Å². The third kappa shape index (κ3) is 23.9. The largest absolute Gasteiger partial charge is 1.00 e. The number of nitrogens with zero attached hydrogens (tertiary/aromatic N) is 5. The van der Waals surface area contributed by atoms with Crippen LogP contribution in [0, 0.1) is 6.92 Å². The van der Waals surface area contributed by atoms with E-state index in [1.807, 2.05) is 20.8 Å². The number of hydrogen-bond acceptors (Lipinski definition) is 7. The maximum atomic E-state index is 9.96. The molecular formula is C111H123B3Br2FLiN5O5S. The minimum atomic E-state index is -1.01. The van der Waals surface area contributed by atoms with Crippen LogP contribution < -0.4 is 24.3 Å². The molecule has 0 unspecified atom stereocenters. The van der Waals surface area contributed by atoms with E-state index in [9.17, 15) is 4.39 Å². The van der Waals surface area contributed by atoms with Crippen LogP contribution in [0.5, 0.6) is 0 Å². The monoisotopic (exact) mass is 1860 g/mol. The molecule has 1 fully saturated rings. The molecule has 1 aliphatic heterocycles. The molecule has 0 atom stereocenters. The SMILES string of the molecule is CC(C)(O)C(C)(C)O.CCBr.CCn1c2ccccc2c2cc(-c3c4ccccc4c(-c4ccccc4)c4ccccc34)ccc21.CCn1c2ccccc2c2cc(B3OC(C)(C)C(C)(C)O3)ccc21.CCn1c2ccccc2c2cc(Br)ccc21.CCn1c2ccccc2c2ccccc21.[2H]CF.[B]=NS.[B]OC(C)C.[CH2-]CCC.[Li+].c1ccc2c(c1)Cc1ccccc1-2. The molecule has 0 saturated carbocycles. The number of para-hydroxylation sites is 5. The predicted octanol–water partition coefficient (Wildman–Crippen LogP) is 27.0. The smallest absolute Gasteiger partial charge is 0.446 e. The van der Waals surface area contributed by atoms with Gasteiger partial charge in [-0.05, 0) is 242 Å². The zero-order valence-corrected chi connectivity index (χ0v) is 82.3. The van der Waals surface area contributed by atoms with Crippen molar-refractivity contribution < 1.29 is 48.8 Å². The van der Waals surface area contributed by atoms with Gasteiger partial charge in [0.1, 0.15) is 0 Å². The molecule has 659 valence electrons. The first-order valence-electron chi connectivity index (χ1n) is 45.0. The molecule has 14 aromatic carbocycles. The minimum Gasteiger partial charge on any atom is -0.446 e. The van der Waals surface area contributed by atoms with E-state index in [0.717, 1.165) is 54.3 Å². The Bertz CT molecular complexity index is 6540. The van der Waals surface area contributed by atoms with E-state index >= 15 is 0 Å². The molecule has 2 aliphatic rings. The number of fused-ring (bicyclic) bond motifs is 17. The fourth-order valence-corrected chi connectivity index (χ4v) is 16.6. The summed E-state index contributed by atoms with van der Waals surface area (Å²) in [6.45, 7) is 38.9. The van der Waals surface area contributed by atoms with Gasteiger partial charge >= 0.3 is 50.7 Å².